The molecule has 0 N–H and O–H groups in total. The van der Waals surface area contributed by atoms with Gasteiger partial charge in [0.05, 0.1) is 5.41 Å². The molecule has 1 unspecified atom stereocenters. The molecule has 3 aliphatic rings. The minimum Gasteiger partial charge on any atom is -0.310 e. The van der Waals surface area contributed by atoms with E-state index in [-0.39, 0.29) is 5.41 Å². The van der Waals surface area contributed by atoms with Crippen LogP contribution in [0, 0.1) is 6.92 Å². The minimum absolute atomic E-state index is 0.389. The Labute approximate surface area is 459 Å². The molecule has 0 aromatic heterocycles. The molecule has 2 heteroatoms. The van der Waals surface area contributed by atoms with Gasteiger partial charge in [-0.15, -0.1) is 0 Å². The van der Waals surface area contributed by atoms with Gasteiger partial charge in [-0.2, -0.15) is 0 Å². The van der Waals surface area contributed by atoms with Gasteiger partial charge >= 0.3 is 0 Å². The second kappa shape index (κ2) is 17.9. The first kappa shape index (κ1) is 46.0. The van der Waals surface area contributed by atoms with E-state index in [1.165, 1.54) is 110 Å². The Kier molecular flexibility index (Phi) is 10.5. The number of nitrogens with zero attached hydrogens (tertiary/aromatic N) is 1. The van der Waals surface area contributed by atoms with Crippen LogP contribution in [0.3, 0.4) is 0 Å². The van der Waals surface area contributed by atoms with E-state index in [2.05, 4.69) is 316 Å². The Morgan fingerprint density at radius 2 is 0.795 bits per heavy atom. The summed E-state index contributed by atoms with van der Waals surface area (Å²) in [5.41, 5.74) is 22.9. The molecule has 0 radical (unpaired) electrons. The van der Waals surface area contributed by atoms with E-state index in [1.54, 1.807) is 0 Å². The summed E-state index contributed by atoms with van der Waals surface area (Å²) in [6.45, 7) is 4.74. The average molecular weight is 1010 g/mol. The van der Waals surface area contributed by atoms with Crippen LogP contribution in [0.25, 0.3) is 44.5 Å². The highest BCUT2D eigenvalue weighted by Gasteiger charge is 2.50. The van der Waals surface area contributed by atoms with E-state index in [4.69, 9.17) is 0 Å². The number of hydrogen-bond donors (Lipinski definition) is 0. The van der Waals surface area contributed by atoms with Crippen molar-refractivity contribution in [2.75, 3.05) is 4.90 Å². The lowest BCUT2D eigenvalue weighted by atomic mass is 9.67. The predicted molar refractivity (Wildman–Crippen MR) is 329 cm³/mol. The van der Waals surface area contributed by atoms with E-state index in [0.29, 0.717) is 0 Å². The van der Waals surface area contributed by atoms with Gasteiger partial charge in [0.2, 0.25) is 0 Å². The normalized spacial score (nSPS) is 15.6. The summed E-state index contributed by atoms with van der Waals surface area (Å²) in [5, 5.41) is 5.60. The second-order valence-electron chi connectivity index (χ2n) is 21.7. The highest BCUT2D eigenvalue weighted by molar-refractivity contribution is 7.22. The van der Waals surface area contributed by atoms with Crippen molar-refractivity contribution in [3.05, 3.63) is 342 Å². The molecular weight excluding hydrogens is 955 g/mol. The Balaban J connectivity index is 1.02. The molecule has 0 saturated carbocycles. The van der Waals surface area contributed by atoms with Crippen molar-refractivity contribution in [1.82, 2.24) is 0 Å². The first-order valence-corrected chi connectivity index (χ1v) is 29.4. The van der Waals surface area contributed by atoms with Crippen molar-refractivity contribution >= 4 is 45.9 Å². The van der Waals surface area contributed by atoms with Crippen LogP contribution in [0.15, 0.2) is 297 Å². The van der Waals surface area contributed by atoms with Crippen LogP contribution in [0.2, 0.25) is 0 Å². The zero-order chi connectivity index (χ0) is 52.0. The predicted octanol–water partition coefficient (Wildman–Crippen LogP) is 16.2. The number of rotatable bonds is 9. The van der Waals surface area contributed by atoms with Crippen molar-refractivity contribution in [2.45, 2.75) is 24.7 Å². The molecule has 1 heterocycles. The van der Waals surface area contributed by atoms with Gasteiger partial charge in [-0.3, -0.25) is 0 Å². The molecule has 12 aromatic carbocycles. The lowest BCUT2D eigenvalue weighted by Crippen LogP contribution is -2.73. The van der Waals surface area contributed by atoms with E-state index >= 15 is 0 Å². The standard InChI is InChI=1S/C76H55NSi/c1-52-46-60(50-62(47-52)78(61-32-13-6-14-33-61)73-41-22-18-37-67(73)68-44-42-54(48-74(68)78)53-24-7-3-8-25-53)77(58-31-23-30-57(49-58)75(2)69-38-19-15-34-63(69)64-35-16-20-39-70(64)75)59-43-45-66-65-36-17-21-40-71(65)76(72(66)51-59,55-26-9-4-10-27-55)56-28-11-5-12-29-56/h3-51H,1-2H3. The largest absolute Gasteiger partial charge is 0.310 e. The SMILES string of the molecule is Cc1cc(N(c2cccc(C3(C)c4ccccc4-c4ccccc43)c2)c2ccc3c(c2)C(c2ccccc2)(c2ccccc2)c2ccccc2-3)cc([Si]2(c3ccccc3)c3ccccc3-c3ccc(-c4ccccc4)cc32)c1. The lowest BCUT2D eigenvalue weighted by Gasteiger charge is -2.36. The quantitative estimate of drug-likeness (QED) is 0.130. The zero-order valence-electron chi connectivity index (χ0n) is 43.7. The Morgan fingerprint density at radius 3 is 1.46 bits per heavy atom. The molecule has 15 rings (SSSR count). The Hall–Kier alpha value is -9.34. The smallest absolute Gasteiger partial charge is 0.180 e. The molecule has 2 aliphatic carbocycles. The molecule has 1 atom stereocenters. The van der Waals surface area contributed by atoms with Crippen LogP contribution in [0.4, 0.5) is 17.1 Å². The van der Waals surface area contributed by atoms with Gasteiger partial charge in [-0.05, 0) is 160 Å². The Bertz CT molecular complexity index is 4210. The lowest BCUT2D eigenvalue weighted by molar-refractivity contribution is 0.714. The number of hydrogen-bond acceptors (Lipinski definition) is 1. The molecule has 78 heavy (non-hydrogen) atoms. The fourth-order valence-corrected chi connectivity index (χ4v) is 19.7. The fourth-order valence-electron chi connectivity index (χ4n) is 14.4. The molecular formula is C76H55NSi. The number of aryl methyl sites for hydroxylation is 1. The van der Waals surface area contributed by atoms with Gasteiger partial charge in [0.1, 0.15) is 0 Å². The van der Waals surface area contributed by atoms with Crippen LogP contribution >= 0.6 is 0 Å². The van der Waals surface area contributed by atoms with Crippen LogP contribution < -0.4 is 25.6 Å². The summed E-state index contributed by atoms with van der Waals surface area (Å²) in [7, 11) is -3.02. The van der Waals surface area contributed by atoms with Crippen molar-refractivity contribution in [3.8, 4) is 44.5 Å². The average Bonchev–Trinajstić information content (AvgIpc) is 4.17. The topological polar surface area (TPSA) is 3.24 Å². The summed E-state index contributed by atoms with van der Waals surface area (Å²) in [6, 6.07) is 113. The van der Waals surface area contributed by atoms with Crippen molar-refractivity contribution < 1.29 is 0 Å². The summed E-state index contributed by atoms with van der Waals surface area (Å²) < 4.78 is 0. The van der Waals surface area contributed by atoms with Gasteiger partial charge < -0.3 is 4.90 Å². The van der Waals surface area contributed by atoms with E-state index in [9.17, 15) is 0 Å². The van der Waals surface area contributed by atoms with Gasteiger partial charge in [-0.1, -0.05) is 261 Å². The van der Waals surface area contributed by atoms with E-state index in [1.807, 2.05) is 0 Å². The molecule has 0 amide bonds. The number of anilines is 3. The summed E-state index contributed by atoms with van der Waals surface area (Å²) in [4.78, 5) is 2.58. The minimum atomic E-state index is -3.02. The zero-order valence-corrected chi connectivity index (χ0v) is 44.7. The van der Waals surface area contributed by atoms with Crippen molar-refractivity contribution in [1.29, 1.82) is 0 Å². The maximum Gasteiger partial charge on any atom is 0.180 e. The molecule has 1 nitrogen and oxygen atoms in total. The molecule has 12 aromatic rings. The van der Waals surface area contributed by atoms with E-state index < -0.39 is 13.5 Å². The third-order valence-corrected chi connectivity index (χ3v) is 22.5. The number of benzene rings is 12. The maximum absolute atomic E-state index is 3.02. The van der Waals surface area contributed by atoms with Crippen LogP contribution in [-0.2, 0) is 10.8 Å². The summed E-state index contributed by atoms with van der Waals surface area (Å²) in [6.07, 6.45) is 0. The molecule has 0 spiro atoms. The maximum atomic E-state index is 2.58. The monoisotopic (exact) mass is 1010 g/mol. The van der Waals surface area contributed by atoms with Crippen LogP contribution in [0.1, 0.15) is 51.4 Å². The number of fused-ring (bicyclic) bond motifs is 9. The highest BCUT2D eigenvalue weighted by Crippen LogP contribution is 2.58. The van der Waals surface area contributed by atoms with Gasteiger partial charge in [-0.25, -0.2) is 0 Å². The van der Waals surface area contributed by atoms with E-state index in [0.717, 1.165) is 17.1 Å². The first-order valence-electron chi connectivity index (χ1n) is 27.4. The fraction of sp³-hybridized carbons (Fsp3) is 0.0526. The summed E-state index contributed by atoms with van der Waals surface area (Å²) >= 11 is 0. The van der Waals surface area contributed by atoms with Gasteiger partial charge in [0, 0.05) is 22.5 Å². The third kappa shape index (κ3) is 6.60. The molecule has 1 aliphatic heterocycles. The molecule has 0 bridgehead atoms. The third-order valence-electron chi connectivity index (χ3n) is 17.7. The van der Waals surface area contributed by atoms with Gasteiger partial charge in [0.15, 0.2) is 8.07 Å². The second-order valence-corrected chi connectivity index (χ2v) is 25.4. The molecule has 0 fully saturated rings. The molecule has 0 saturated heterocycles. The van der Waals surface area contributed by atoms with Crippen molar-refractivity contribution in [3.63, 3.8) is 0 Å². The molecule has 368 valence electrons. The van der Waals surface area contributed by atoms with Crippen LogP contribution in [-0.4, -0.2) is 8.07 Å². The highest BCUT2D eigenvalue weighted by atomic mass is 28.3. The summed E-state index contributed by atoms with van der Waals surface area (Å²) in [5.74, 6) is 0. The first-order chi connectivity index (χ1) is 38.5. The van der Waals surface area contributed by atoms with Gasteiger partial charge in [0.25, 0.3) is 0 Å². The van der Waals surface area contributed by atoms with Crippen molar-refractivity contribution in [2.24, 2.45) is 0 Å². The van der Waals surface area contributed by atoms with Crippen LogP contribution in [0.5, 0.6) is 0 Å². The Morgan fingerprint density at radius 1 is 0.295 bits per heavy atom.